The number of hydrogen-bond donors (Lipinski definition) is 18. The number of aliphatic hydroxyl groups excluding tert-OH is 3. The number of aromatic nitrogens is 2. The van der Waals surface area contributed by atoms with Crippen LogP contribution in [-0.4, -0.2) is 198 Å². The molecule has 0 saturated heterocycles. The molecule has 0 saturated carbocycles. The monoisotopic (exact) mass is 1440 g/mol. The molecule has 104 heavy (non-hydrogen) atoms. The van der Waals surface area contributed by atoms with E-state index in [4.69, 9.17) is 11.5 Å². The molecule has 32 nitrogen and oxygen atoms in total. The fraction of sp³-hybridized carbons (Fsp3) is 0.361. The third-order valence-electron chi connectivity index (χ3n) is 16.6. The number of aromatic amines is 1. The van der Waals surface area contributed by atoms with Crippen LogP contribution in [0.4, 0.5) is 0 Å². The number of nitrogens with two attached hydrogens (primary N) is 2. The first-order valence-corrected chi connectivity index (χ1v) is 33.3. The number of carbonyl (C=O) groups excluding carboxylic acids is 11. The Hall–Kier alpha value is -11.7. The predicted molar refractivity (Wildman–Crippen MR) is 376 cm³/mol. The van der Waals surface area contributed by atoms with Gasteiger partial charge in [-0.2, -0.15) is 0 Å². The Morgan fingerprint density at radius 3 is 1.49 bits per heavy atom. The van der Waals surface area contributed by atoms with Gasteiger partial charge < -0.3 is 95.2 Å². The molecule has 0 radical (unpaired) electrons. The highest BCUT2D eigenvalue weighted by atomic mass is 16.4. The molecular formula is C72H88N14O18. The number of benzene rings is 5. The van der Waals surface area contributed by atoms with E-state index in [1.54, 1.807) is 54.6 Å². The number of carboxylic acid groups (broad SMARTS) is 2. The zero-order chi connectivity index (χ0) is 76.2. The van der Waals surface area contributed by atoms with Gasteiger partial charge in [-0.3, -0.25) is 62.3 Å². The first-order chi connectivity index (χ1) is 49.5. The van der Waals surface area contributed by atoms with Crippen LogP contribution in [0, 0.1) is 0 Å². The van der Waals surface area contributed by atoms with Crippen molar-refractivity contribution in [3.05, 3.63) is 174 Å². The summed E-state index contributed by atoms with van der Waals surface area (Å²) in [5.41, 5.74) is 18.4. The van der Waals surface area contributed by atoms with Crippen LogP contribution in [-0.2, 0) is 94.4 Å². The Morgan fingerprint density at radius 1 is 0.471 bits per heavy atom. The van der Waals surface area contributed by atoms with E-state index in [2.05, 4.69) is 63.1 Å². The van der Waals surface area contributed by atoms with Crippen LogP contribution in [0.3, 0.4) is 0 Å². The first-order valence-electron chi connectivity index (χ1n) is 33.3. The SMILES string of the molecule is CCc1ccccc1-c1ccc(C[C@H](NC(=O)[C@H](CC(=O)O)NC(=O)[C@H](CO)NC(=O)[C@@H](NC(=O)[C@H](Cc2ccccc2)NC(=O)[C@@H](NC(=O)CNC(=O)[C@H](CCC(=O)O)NC(=O)[C@H](C)NC(=O)[C@@H](N)Cc2c[nH]cn2)[C@@H](C)O)[C@@H](C)O)C(=O)N[C@@H](Cc2ccc(-c3ccccc3)cc2)C(N)=O)cc1. The number of aliphatic hydroxyl groups is 3. The molecule has 0 unspecified atom stereocenters. The molecule has 32 heteroatoms. The number of aliphatic carboxylic acids is 2. The van der Waals surface area contributed by atoms with Crippen molar-refractivity contribution in [1.82, 2.24) is 63.1 Å². The number of carboxylic acids is 2. The highest BCUT2D eigenvalue weighted by Gasteiger charge is 2.37. The van der Waals surface area contributed by atoms with Crippen molar-refractivity contribution in [3.8, 4) is 22.3 Å². The standard InChI is InChI=1S/C72H88N14O18/c1-5-45-16-12-13-19-50(45)48-26-22-44(23-27-48)32-54(67(99)80-53(63(74)95)30-43-20-24-47(25-21-43)46-17-10-7-11-18-46)81-68(100)56(34-60(93)94)82-70(102)57(37-87)84-72(104)62(41(4)89)86-69(101)55(31-42-14-8-6-9-15-42)83-71(103)61(40(3)88)85-58(90)36-76-66(98)52(28-29-59(91)92)79-64(96)39(2)78-65(97)51(73)33-49-35-75-38-77-49/h6-27,35,38-41,51-57,61-62,87-89H,5,28-34,36-37,73H2,1-4H3,(H2,74,95)(H,75,77)(H,76,98)(H,78,97)(H,79,96)(H,80,99)(H,81,100)(H,82,102)(H,83,103)(H,84,104)(H,85,90)(H,86,101)(H,91,92)(H,93,94)/t39-,40+,41+,51-,52-,53-,54-,55-,56-,57-,61-,62-/m0/s1. The lowest BCUT2D eigenvalue weighted by Crippen LogP contribution is -2.63. The number of H-pyrrole nitrogens is 1. The van der Waals surface area contributed by atoms with Crippen LogP contribution in [0.25, 0.3) is 22.3 Å². The maximum atomic E-state index is 14.4. The van der Waals surface area contributed by atoms with E-state index in [0.717, 1.165) is 48.1 Å². The maximum Gasteiger partial charge on any atom is 0.305 e. The Balaban J connectivity index is 1.13. The highest BCUT2D eigenvalue weighted by molar-refractivity contribution is 6.00. The lowest BCUT2D eigenvalue weighted by Gasteiger charge is -2.28. The minimum Gasteiger partial charge on any atom is -0.481 e. The number of aryl methyl sites for hydroxylation is 1. The number of primary amides is 1. The number of nitrogens with one attached hydrogen (secondary N) is 11. The summed E-state index contributed by atoms with van der Waals surface area (Å²) in [6, 6.07) is 22.8. The van der Waals surface area contributed by atoms with Gasteiger partial charge in [0.25, 0.3) is 0 Å². The molecule has 1 heterocycles. The van der Waals surface area contributed by atoms with Crippen LogP contribution in [0.5, 0.6) is 0 Å². The number of imidazole rings is 1. The van der Waals surface area contributed by atoms with Crippen molar-refractivity contribution in [2.75, 3.05) is 13.2 Å². The van der Waals surface area contributed by atoms with E-state index in [1.165, 1.54) is 19.4 Å². The molecular weight excluding hydrogens is 1350 g/mol. The highest BCUT2D eigenvalue weighted by Crippen LogP contribution is 2.25. The summed E-state index contributed by atoms with van der Waals surface area (Å²) in [6.45, 7) is 3.27. The molecule has 12 atom stereocenters. The van der Waals surface area contributed by atoms with Crippen LogP contribution >= 0.6 is 0 Å². The fourth-order valence-corrected chi connectivity index (χ4v) is 10.8. The van der Waals surface area contributed by atoms with Crippen molar-refractivity contribution in [3.63, 3.8) is 0 Å². The minimum absolute atomic E-state index is 0.0110. The maximum absolute atomic E-state index is 14.4. The average molecular weight is 1440 g/mol. The number of hydrogen-bond acceptors (Lipinski definition) is 18. The molecule has 1 aromatic heterocycles. The van der Waals surface area contributed by atoms with Gasteiger partial charge in [-0.1, -0.05) is 140 Å². The summed E-state index contributed by atoms with van der Waals surface area (Å²) >= 11 is 0. The Labute approximate surface area is 598 Å². The van der Waals surface area contributed by atoms with Crippen molar-refractivity contribution < 1.29 is 87.9 Å². The summed E-state index contributed by atoms with van der Waals surface area (Å²) in [6.07, 6.45) is -2.83. The molecule has 0 aliphatic carbocycles. The summed E-state index contributed by atoms with van der Waals surface area (Å²) in [4.78, 5) is 182. The normalized spacial score (nSPS) is 14.5. The van der Waals surface area contributed by atoms with E-state index < -0.39 is 182 Å². The average Bonchev–Trinajstić information content (AvgIpc) is 0.862. The van der Waals surface area contributed by atoms with E-state index in [1.807, 2.05) is 85.8 Å². The van der Waals surface area contributed by atoms with Crippen molar-refractivity contribution in [2.24, 2.45) is 11.5 Å². The first kappa shape index (κ1) is 81.2. The van der Waals surface area contributed by atoms with Crippen LogP contribution < -0.4 is 64.6 Å². The summed E-state index contributed by atoms with van der Waals surface area (Å²) in [5, 5.41) is 75.0. The number of amides is 11. The summed E-state index contributed by atoms with van der Waals surface area (Å²) in [5.74, 6) is -15.0. The second kappa shape index (κ2) is 40.0. The van der Waals surface area contributed by atoms with Crippen molar-refractivity contribution >= 4 is 76.9 Å². The molecule has 11 amide bonds. The van der Waals surface area contributed by atoms with Gasteiger partial charge in [0.15, 0.2) is 0 Å². The van der Waals surface area contributed by atoms with Crippen LogP contribution in [0.2, 0.25) is 0 Å². The second-order valence-electron chi connectivity index (χ2n) is 24.7. The Kier molecular flexibility index (Phi) is 31.3. The molecule has 20 N–H and O–H groups in total. The third kappa shape index (κ3) is 25.4. The zero-order valence-electron chi connectivity index (χ0n) is 57.5. The van der Waals surface area contributed by atoms with Gasteiger partial charge in [0.2, 0.25) is 65.0 Å². The molecule has 6 aromatic rings. The lowest BCUT2D eigenvalue weighted by molar-refractivity contribution is -0.142. The molecule has 0 bridgehead atoms. The molecule has 0 aliphatic rings. The molecule has 5 aromatic carbocycles. The second-order valence-corrected chi connectivity index (χ2v) is 24.7. The van der Waals surface area contributed by atoms with Gasteiger partial charge in [-0.25, -0.2) is 4.98 Å². The lowest BCUT2D eigenvalue weighted by atomic mass is 9.95. The number of carbonyl (C=O) groups is 13. The summed E-state index contributed by atoms with van der Waals surface area (Å²) < 4.78 is 0. The summed E-state index contributed by atoms with van der Waals surface area (Å²) in [7, 11) is 0. The van der Waals surface area contributed by atoms with Crippen LogP contribution in [0.1, 0.15) is 74.9 Å². The largest absolute Gasteiger partial charge is 0.481 e. The number of rotatable bonds is 40. The molecule has 0 aliphatic heterocycles. The Morgan fingerprint density at radius 2 is 0.942 bits per heavy atom. The van der Waals surface area contributed by atoms with Gasteiger partial charge in [0.1, 0.15) is 54.4 Å². The van der Waals surface area contributed by atoms with Gasteiger partial charge in [-0.15, -0.1) is 0 Å². The van der Waals surface area contributed by atoms with E-state index in [0.29, 0.717) is 22.4 Å². The number of nitrogens with zero attached hydrogens (tertiary/aromatic N) is 1. The molecule has 0 fully saturated rings. The fourth-order valence-electron chi connectivity index (χ4n) is 10.8. The van der Waals surface area contributed by atoms with E-state index in [9.17, 15) is 87.9 Å². The van der Waals surface area contributed by atoms with Gasteiger partial charge in [-0.05, 0) is 78.1 Å². The van der Waals surface area contributed by atoms with E-state index >= 15 is 0 Å². The van der Waals surface area contributed by atoms with Crippen molar-refractivity contribution in [2.45, 2.75) is 152 Å². The molecule has 6 rings (SSSR count). The third-order valence-corrected chi connectivity index (χ3v) is 16.6. The van der Waals surface area contributed by atoms with Gasteiger partial charge >= 0.3 is 11.9 Å². The van der Waals surface area contributed by atoms with Crippen LogP contribution in [0.15, 0.2) is 146 Å². The zero-order valence-corrected chi connectivity index (χ0v) is 57.5. The molecule has 0 spiro atoms. The quantitative estimate of drug-likeness (QED) is 0.0197. The van der Waals surface area contributed by atoms with E-state index in [-0.39, 0.29) is 25.7 Å². The van der Waals surface area contributed by atoms with Crippen molar-refractivity contribution in [1.29, 1.82) is 0 Å². The Bertz CT molecular complexity index is 3940. The van der Waals surface area contributed by atoms with Gasteiger partial charge in [0, 0.05) is 38.3 Å². The van der Waals surface area contributed by atoms with Gasteiger partial charge in [0.05, 0.1) is 49.8 Å². The topological polar surface area (TPSA) is 524 Å². The predicted octanol–water partition coefficient (Wildman–Crippen LogP) is -2.02. The molecule has 554 valence electrons. The smallest absolute Gasteiger partial charge is 0.305 e. The minimum atomic E-state index is -2.04.